The topological polar surface area (TPSA) is 56.8 Å². The Labute approximate surface area is 201 Å². The summed E-state index contributed by atoms with van der Waals surface area (Å²) in [7, 11) is 3.65. The Hall–Kier alpha value is -2.26. The molecule has 4 heterocycles. The Bertz CT molecular complexity index is 1180. The number of likely N-dealkylation sites (N-methyl/N-ethyl adjacent to an activating group) is 2. The van der Waals surface area contributed by atoms with E-state index < -0.39 is 10.3 Å². The number of anilines is 1. The molecule has 2 spiro atoms. The molecule has 0 unspecified atom stereocenters. The van der Waals surface area contributed by atoms with Gasteiger partial charge in [-0.2, -0.15) is 0 Å². The summed E-state index contributed by atoms with van der Waals surface area (Å²) in [5.41, 5.74) is 1.18. The zero-order valence-electron chi connectivity index (χ0n) is 17.6. The molecule has 0 bridgehead atoms. The lowest BCUT2D eigenvalue weighted by Crippen LogP contribution is -2.62. The van der Waals surface area contributed by atoms with E-state index in [1.54, 1.807) is 41.4 Å². The zero-order chi connectivity index (χ0) is 22.8. The predicted octanol–water partition coefficient (Wildman–Crippen LogP) is 3.42. The van der Waals surface area contributed by atoms with E-state index in [0.29, 0.717) is 22.4 Å². The molecule has 164 valence electrons. The molecule has 5 rings (SSSR count). The molecular weight excluding hydrogens is 464 g/mol. The number of carbonyl (C=O) groups excluding carboxylic acids is 2. The number of nitrogens with zero attached hydrogens (tertiary/aromatic N) is 4. The number of fused-ring (bicyclic) bond motifs is 3. The first-order valence-corrected chi connectivity index (χ1v) is 11.8. The maximum Gasteiger partial charge on any atom is 0.254 e. The van der Waals surface area contributed by atoms with Gasteiger partial charge in [-0.05, 0) is 42.9 Å². The Balaban J connectivity index is 1.85. The van der Waals surface area contributed by atoms with Gasteiger partial charge in [-0.1, -0.05) is 41.7 Å². The molecule has 6 nitrogen and oxygen atoms in total. The van der Waals surface area contributed by atoms with Crippen LogP contribution in [0.4, 0.5) is 5.69 Å². The molecule has 0 N–H and O–H groups in total. The molecule has 2 saturated heterocycles. The van der Waals surface area contributed by atoms with Gasteiger partial charge in [-0.25, -0.2) is 0 Å². The van der Waals surface area contributed by atoms with Crippen LogP contribution >= 0.6 is 35.6 Å². The van der Waals surface area contributed by atoms with Crippen LogP contribution in [0.3, 0.4) is 0 Å². The van der Waals surface area contributed by atoms with Crippen molar-refractivity contribution in [1.29, 1.82) is 0 Å². The molecule has 3 aliphatic rings. The SMILES string of the molecule is C=CCN1C(=O)[C@]2(SC1=S)[C@@H](c1ccncc1)CN(C)[C@]21C(=O)N(C)c2ccc(Cl)cc21. The number of aromatic nitrogens is 1. The van der Waals surface area contributed by atoms with Crippen molar-refractivity contribution in [3.8, 4) is 0 Å². The van der Waals surface area contributed by atoms with Gasteiger partial charge in [-0.3, -0.25) is 24.4 Å². The fourth-order valence-corrected chi connectivity index (χ4v) is 7.87. The Morgan fingerprint density at radius 1 is 1.25 bits per heavy atom. The molecule has 2 fully saturated rings. The lowest BCUT2D eigenvalue weighted by Gasteiger charge is -2.42. The minimum Gasteiger partial charge on any atom is -0.313 e. The van der Waals surface area contributed by atoms with Crippen LogP contribution in [0.5, 0.6) is 0 Å². The second-order valence-corrected chi connectivity index (χ2v) is 10.6. The van der Waals surface area contributed by atoms with Crippen molar-refractivity contribution in [2.45, 2.75) is 16.2 Å². The smallest absolute Gasteiger partial charge is 0.254 e. The second-order valence-electron chi connectivity index (χ2n) is 8.26. The number of halogens is 1. The Morgan fingerprint density at radius 3 is 2.66 bits per heavy atom. The van der Waals surface area contributed by atoms with Gasteiger partial charge in [0, 0.05) is 54.7 Å². The summed E-state index contributed by atoms with van der Waals surface area (Å²) in [6, 6.07) is 9.25. The van der Waals surface area contributed by atoms with Gasteiger partial charge in [0.05, 0.1) is 0 Å². The molecule has 3 aliphatic heterocycles. The van der Waals surface area contributed by atoms with Crippen LogP contribution in [-0.4, -0.2) is 62.9 Å². The van der Waals surface area contributed by atoms with E-state index in [4.69, 9.17) is 23.8 Å². The zero-order valence-corrected chi connectivity index (χ0v) is 20.0. The summed E-state index contributed by atoms with van der Waals surface area (Å²) in [6.45, 7) is 4.58. The third-order valence-corrected chi connectivity index (χ3v) is 9.01. The maximum absolute atomic E-state index is 14.3. The van der Waals surface area contributed by atoms with Gasteiger partial charge in [0.1, 0.15) is 9.07 Å². The number of likely N-dealkylation sites (tertiary alicyclic amines) is 1. The summed E-state index contributed by atoms with van der Waals surface area (Å²) in [5.74, 6) is -0.617. The van der Waals surface area contributed by atoms with E-state index in [1.807, 2.05) is 36.2 Å². The van der Waals surface area contributed by atoms with Gasteiger partial charge >= 0.3 is 0 Å². The van der Waals surface area contributed by atoms with Crippen LogP contribution < -0.4 is 4.90 Å². The second kappa shape index (κ2) is 7.38. The molecule has 9 heteroatoms. The first-order valence-electron chi connectivity index (χ1n) is 10.2. The quantitative estimate of drug-likeness (QED) is 0.491. The molecule has 1 aromatic carbocycles. The van der Waals surface area contributed by atoms with Crippen LogP contribution in [0.25, 0.3) is 0 Å². The molecule has 2 aromatic rings. The minimum absolute atomic E-state index is 0.155. The average molecular weight is 485 g/mol. The lowest BCUT2D eigenvalue weighted by molar-refractivity contribution is -0.138. The van der Waals surface area contributed by atoms with E-state index >= 15 is 0 Å². The molecule has 0 aliphatic carbocycles. The summed E-state index contributed by atoms with van der Waals surface area (Å²) in [4.78, 5) is 37.8. The Morgan fingerprint density at radius 2 is 1.97 bits per heavy atom. The molecule has 0 radical (unpaired) electrons. The standard InChI is InChI=1S/C23H21ClN4O2S2/c1-4-11-28-20(30)23(32-21(28)31)17(14-7-9-25-10-8-14)13-26(2)22(23)16-12-15(24)5-6-18(16)27(3)19(22)29/h4-10,12,17H,1,11,13H2,2-3H3/t17-,22-,23-/m1/s1. The highest BCUT2D eigenvalue weighted by molar-refractivity contribution is 8.25. The van der Waals surface area contributed by atoms with Crippen molar-refractivity contribution in [1.82, 2.24) is 14.8 Å². The van der Waals surface area contributed by atoms with Crippen LogP contribution in [0.1, 0.15) is 17.0 Å². The van der Waals surface area contributed by atoms with E-state index in [2.05, 4.69) is 11.6 Å². The Kier molecular flexibility index (Phi) is 4.98. The van der Waals surface area contributed by atoms with E-state index in [9.17, 15) is 9.59 Å². The first-order chi connectivity index (χ1) is 15.3. The van der Waals surface area contributed by atoms with E-state index in [0.717, 1.165) is 16.8 Å². The third-order valence-electron chi connectivity index (χ3n) is 6.83. The summed E-state index contributed by atoms with van der Waals surface area (Å²) in [5, 5.41) is 0.517. The number of pyridine rings is 1. The fourth-order valence-electron chi connectivity index (χ4n) is 5.55. The molecule has 3 atom stereocenters. The van der Waals surface area contributed by atoms with Crippen molar-refractivity contribution in [3.63, 3.8) is 0 Å². The largest absolute Gasteiger partial charge is 0.313 e. The highest BCUT2D eigenvalue weighted by Crippen LogP contribution is 2.66. The van der Waals surface area contributed by atoms with E-state index in [-0.39, 0.29) is 17.7 Å². The van der Waals surface area contributed by atoms with Crippen LogP contribution in [0, 0.1) is 0 Å². The molecule has 0 saturated carbocycles. The van der Waals surface area contributed by atoms with Crippen LogP contribution in [0.2, 0.25) is 5.02 Å². The summed E-state index contributed by atoms with van der Waals surface area (Å²) in [6.07, 6.45) is 5.08. The predicted molar refractivity (Wildman–Crippen MR) is 131 cm³/mol. The van der Waals surface area contributed by atoms with Gasteiger partial charge in [0.25, 0.3) is 5.91 Å². The molecule has 2 amide bonds. The normalized spacial score (nSPS) is 29.6. The number of hydrogen-bond acceptors (Lipinski definition) is 6. The number of rotatable bonds is 3. The van der Waals surface area contributed by atoms with Crippen molar-refractivity contribution >= 4 is 57.4 Å². The first kappa shape index (κ1) is 21.6. The maximum atomic E-state index is 14.3. The number of hydrogen-bond donors (Lipinski definition) is 0. The third kappa shape index (κ3) is 2.46. The number of thiocarbonyl (C=S) groups is 1. The van der Waals surface area contributed by atoms with Crippen LogP contribution in [-0.2, 0) is 15.1 Å². The summed E-state index contributed by atoms with van der Waals surface area (Å²) < 4.78 is -0.737. The number of benzene rings is 1. The van der Waals surface area contributed by atoms with Crippen molar-refractivity contribution < 1.29 is 9.59 Å². The van der Waals surface area contributed by atoms with Crippen molar-refractivity contribution in [2.75, 3.05) is 32.1 Å². The highest BCUT2D eigenvalue weighted by Gasteiger charge is 2.78. The number of amides is 2. The summed E-state index contributed by atoms with van der Waals surface area (Å²) >= 11 is 13.4. The van der Waals surface area contributed by atoms with E-state index in [1.165, 1.54) is 11.8 Å². The highest BCUT2D eigenvalue weighted by atomic mass is 35.5. The fraction of sp³-hybridized carbons (Fsp3) is 0.304. The molecular formula is C23H21ClN4O2S2. The van der Waals surface area contributed by atoms with Crippen LogP contribution in [0.15, 0.2) is 55.4 Å². The van der Waals surface area contributed by atoms with Crippen molar-refractivity contribution in [2.24, 2.45) is 0 Å². The monoisotopic (exact) mass is 484 g/mol. The minimum atomic E-state index is -1.25. The number of carbonyl (C=O) groups is 2. The molecule has 32 heavy (non-hydrogen) atoms. The number of thioether (sulfide) groups is 1. The van der Waals surface area contributed by atoms with Crippen molar-refractivity contribution in [3.05, 3.63) is 71.5 Å². The average Bonchev–Trinajstić information content (AvgIpc) is 3.28. The molecule has 1 aromatic heterocycles. The van der Waals surface area contributed by atoms with Gasteiger partial charge in [0.15, 0.2) is 5.54 Å². The lowest BCUT2D eigenvalue weighted by atomic mass is 9.72. The van der Waals surface area contributed by atoms with Gasteiger partial charge < -0.3 is 4.90 Å². The van der Waals surface area contributed by atoms with Gasteiger partial charge in [-0.15, -0.1) is 6.58 Å². The van der Waals surface area contributed by atoms with Gasteiger partial charge in [0.2, 0.25) is 5.91 Å².